The number of nitrogens with one attached hydrogen (secondary N) is 2. The number of aliphatic carboxylic acids is 1. The molecule has 0 saturated heterocycles. The molecule has 0 aromatic rings. The van der Waals surface area contributed by atoms with E-state index in [9.17, 15) is 14.4 Å². The minimum Gasteiger partial charge on any atom is -0.481 e. The van der Waals surface area contributed by atoms with Gasteiger partial charge in [0.15, 0.2) is 0 Å². The van der Waals surface area contributed by atoms with Gasteiger partial charge in [0.05, 0.1) is 0 Å². The van der Waals surface area contributed by atoms with Crippen molar-refractivity contribution in [2.24, 2.45) is 0 Å². The summed E-state index contributed by atoms with van der Waals surface area (Å²) in [6, 6.07) is 0. The molecule has 0 fully saturated rings. The molecule has 0 radical (unpaired) electrons. The van der Waals surface area contributed by atoms with Crippen LogP contribution in [0.15, 0.2) is 0 Å². The number of hydrogen-bond donors (Lipinski definition) is 3. The maximum atomic E-state index is 11.6. The van der Waals surface area contributed by atoms with E-state index in [4.69, 9.17) is 9.84 Å². The zero-order chi connectivity index (χ0) is 18.4. The Balaban J connectivity index is 3.40. The summed E-state index contributed by atoms with van der Waals surface area (Å²) >= 11 is 0. The van der Waals surface area contributed by atoms with Gasteiger partial charge in [-0.2, -0.15) is 0 Å². The molecule has 3 N–H and O–H groups in total. The Morgan fingerprint density at radius 2 is 1.38 bits per heavy atom. The van der Waals surface area contributed by atoms with Gasteiger partial charge < -0.3 is 20.5 Å². The molecule has 0 aliphatic carbocycles. The van der Waals surface area contributed by atoms with E-state index in [0.29, 0.717) is 25.9 Å². The molecule has 0 atom stereocenters. The SMILES string of the molecule is CC(C)(C)OC(=O)NCCCCCC(=O)NCCCCCC(=O)O. The van der Waals surface area contributed by atoms with Gasteiger partial charge >= 0.3 is 12.1 Å². The molecule has 7 heteroatoms. The minimum absolute atomic E-state index is 0.0216. The molecule has 0 aliphatic rings. The number of amides is 2. The van der Waals surface area contributed by atoms with E-state index in [0.717, 1.165) is 32.1 Å². The lowest BCUT2D eigenvalue weighted by atomic mass is 10.1. The summed E-state index contributed by atoms with van der Waals surface area (Å²) in [5, 5.41) is 14.0. The second-order valence-corrected chi connectivity index (χ2v) is 6.79. The first kappa shape index (κ1) is 22.2. The van der Waals surface area contributed by atoms with Crippen LogP contribution >= 0.6 is 0 Å². The summed E-state index contributed by atoms with van der Waals surface area (Å²) in [7, 11) is 0. The van der Waals surface area contributed by atoms with Gasteiger partial charge in [0.25, 0.3) is 0 Å². The second-order valence-electron chi connectivity index (χ2n) is 6.79. The Labute approximate surface area is 144 Å². The maximum Gasteiger partial charge on any atom is 0.407 e. The third-order valence-corrected chi connectivity index (χ3v) is 3.14. The van der Waals surface area contributed by atoms with Gasteiger partial charge in [0, 0.05) is 25.9 Å². The van der Waals surface area contributed by atoms with E-state index in [1.165, 1.54) is 0 Å². The Morgan fingerprint density at radius 3 is 1.92 bits per heavy atom. The zero-order valence-electron chi connectivity index (χ0n) is 15.2. The molecular weight excluding hydrogens is 312 g/mol. The predicted molar refractivity (Wildman–Crippen MR) is 91.8 cm³/mol. The van der Waals surface area contributed by atoms with E-state index in [2.05, 4.69) is 10.6 Å². The van der Waals surface area contributed by atoms with Crippen LogP contribution in [0.3, 0.4) is 0 Å². The molecule has 0 aliphatic heterocycles. The van der Waals surface area contributed by atoms with Crippen LogP contribution in [0, 0.1) is 0 Å². The van der Waals surface area contributed by atoms with Crippen molar-refractivity contribution in [1.82, 2.24) is 10.6 Å². The smallest absolute Gasteiger partial charge is 0.407 e. The summed E-state index contributed by atoms with van der Waals surface area (Å²) in [5.74, 6) is -0.756. The first-order chi connectivity index (χ1) is 11.2. The summed E-state index contributed by atoms with van der Waals surface area (Å²) in [4.78, 5) is 33.3. The molecule has 0 aromatic heterocycles. The van der Waals surface area contributed by atoms with Crippen molar-refractivity contribution in [2.75, 3.05) is 13.1 Å². The topological polar surface area (TPSA) is 105 Å². The standard InChI is InChI=1S/C17H32N2O5/c1-17(2,3)24-16(23)19-13-9-4-6-10-14(20)18-12-8-5-7-11-15(21)22/h4-13H2,1-3H3,(H,18,20)(H,19,23)(H,21,22). The number of carbonyl (C=O) groups excluding carboxylic acids is 2. The van der Waals surface area contributed by atoms with Crippen LogP contribution in [0.2, 0.25) is 0 Å². The number of carbonyl (C=O) groups is 3. The molecule has 0 saturated carbocycles. The maximum absolute atomic E-state index is 11.6. The molecule has 0 heterocycles. The molecule has 2 amide bonds. The lowest BCUT2D eigenvalue weighted by Gasteiger charge is -2.19. The summed E-state index contributed by atoms with van der Waals surface area (Å²) in [5.41, 5.74) is -0.490. The predicted octanol–water partition coefficient (Wildman–Crippen LogP) is 2.83. The Bertz CT molecular complexity index is 391. The number of alkyl carbamates (subject to hydrolysis) is 1. The monoisotopic (exact) mass is 344 g/mol. The molecule has 0 unspecified atom stereocenters. The molecule has 0 spiro atoms. The van der Waals surface area contributed by atoms with Gasteiger partial charge in [-0.05, 0) is 46.5 Å². The molecule has 24 heavy (non-hydrogen) atoms. The molecule has 140 valence electrons. The molecule has 7 nitrogen and oxygen atoms in total. The van der Waals surface area contributed by atoms with Crippen LogP contribution < -0.4 is 10.6 Å². The summed E-state index contributed by atoms with van der Waals surface area (Å²) in [6.45, 7) is 6.59. The van der Waals surface area contributed by atoms with Crippen molar-refractivity contribution in [3.8, 4) is 0 Å². The van der Waals surface area contributed by atoms with Crippen LogP contribution in [0.5, 0.6) is 0 Å². The van der Waals surface area contributed by atoms with E-state index in [-0.39, 0.29) is 12.3 Å². The van der Waals surface area contributed by atoms with Crippen molar-refractivity contribution in [1.29, 1.82) is 0 Å². The van der Waals surface area contributed by atoms with Gasteiger partial charge in [-0.1, -0.05) is 12.8 Å². The van der Waals surface area contributed by atoms with E-state index in [1.54, 1.807) is 0 Å². The molecular formula is C17H32N2O5. The van der Waals surface area contributed by atoms with Gasteiger partial charge in [-0.3, -0.25) is 9.59 Å². The van der Waals surface area contributed by atoms with Gasteiger partial charge in [0.2, 0.25) is 5.91 Å². The van der Waals surface area contributed by atoms with Crippen molar-refractivity contribution in [2.45, 2.75) is 77.7 Å². The average molecular weight is 344 g/mol. The van der Waals surface area contributed by atoms with Gasteiger partial charge in [0.1, 0.15) is 5.60 Å². The molecule has 0 bridgehead atoms. The van der Waals surface area contributed by atoms with Crippen LogP contribution in [0.25, 0.3) is 0 Å². The zero-order valence-corrected chi connectivity index (χ0v) is 15.2. The van der Waals surface area contributed by atoms with Crippen molar-refractivity contribution in [3.63, 3.8) is 0 Å². The lowest BCUT2D eigenvalue weighted by Crippen LogP contribution is -2.33. The quantitative estimate of drug-likeness (QED) is 0.472. The number of carboxylic acids is 1. The third kappa shape index (κ3) is 16.6. The Hall–Kier alpha value is -1.79. The highest BCUT2D eigenvalue weighted by atomic mass is 16.6. The minimum atomic E-state index is -0.778. The number of carboxylic acid groups (broad SMARTS) is 1. The fourth-order valence-electron chi connectivity index (χ4n) is 1.99. The number of ether oxygens (including phenoxy) is 1. The van der Waals surface area contributed by atoms with Crippen LogP contribution in [0.1, 0.15) is 72.1 Å². The van der Waals surface area contributed by atoms with Crippen LogP contribution in [-0.2, 0) is 14.3 Å². The first-order valence-electron chi connectivity index (χ1n) is 8.66. The van der Waals surface area contributed by atoms with Crippen LogP contribution in [-0.4, -0.2) is 41.8 Å². The second kappa shape index (κ2) is 12.6. The highest BCUT2D eigenvalue weighted by molar-refractivity contribution is 5.75. The lowest BCUT2D eigenvalue weighted by molar-refractivity contribution is -0.137. The highest BCUT2D eigenvalue weighted by Gasteiger charge is 2.15. The summed E-state index contributed by atoms with van der Waals surface area (Å²) < 4.78 is 5.12. The van der Waals surface area contributed by atoms with E-state index in [1.807, 2.05) is 20.8 Å². The third-order valence-electron chi connectivity index (χ3n) is 3.14. The normalized spacial score (nSPS) is 11.0. The number of rotatable bonds is 12. The molecule has 0 rings (SSSR count). The van der Waals surface area contributed by atoms with Crippen molar-refractivity contribution in [3.05, 3.63) is 0 Å². The van der Waals surface area contributed by atoms with Gasteiger partial charge in [-0.15, -0.1) is 0 Å². The Kier molecular flexibility index (Phi) is 11.7. The number of unbranched alkanes of at least 4 members (excludes halogenated alkanes) is 4. The molecule has 0 aromatic carbocycles. The van der Waals surface area contributed by atoms with E-state index >= 15 is 0 Å². The van der Waals surface area contributed by atoms with Crippen molar-refractivity contribution >= 4 is 18.0 Å². The van der Waals surface area contributed by atoms with Gasteiger partial charge in [-0.25, -0.2) is 4.79 Å². The van der Waals surface area contributed by atoms with Crippen molar-refractivity contribution < 1.29 is 24.2 Å². The van der Waals surface area contributed by atoms with E-state index < -0.39 is 17.7 Å². The van der Waals surface area contributed by atoms with Crippen LogP contribution in [0.4, 0.5) is 4.79 Å². The Morgan fingerprint density at radius 1 is 0.833 bits per heavy atom. The first-order valence-corrected chi connectivity index (χ1v) is 8.66. The summed E-state index contributed by atoms with van der Waals surface area (Å²) in [6.07, 6.45) is 4.96. The largest absolute Gasteiger partial charge is 0.481 e. The number of hydrogen-bond acceptors (Lipinski definition) is 4. The fourth-order valence-corrected chi connectivity index (χ4v) is 1.99. The highest BCUT2D eigenvalue weighted by Crippen LogP contribution is 2.06. The fraction of sp³-hybridized carbons (Fsp3) is 0.824. The average Bonchev–Trinajstić information content (AvgIpc) is 2.44.